The van der Waals surface area contributed by atoms with Crippen LogP contribution < -0.4 is 10.6 Å². The first-order valence-electron chi connectivity index (χ1n) is 6.23. The molecular weight excluding hydrogens is 274 g/mol. The molecule has 1 unspecified atom stereocenters. The quantitative estimate of drug-likeness (QED) is 0.675. The van der Waals surface area contributed by atoms with Gasteiger partial charge in [0.25, 0.3) is 0 Å². The summed E-state index contributed by atoms with van der Waals surface area (Å²) in [5.74, 6) is -1.41. The lowest BCUT2D eigenvalue weighted by Gasteiger charge is -2.18. The highest BCUT2D eigenvalue weighted by molar-refractivity contribution is 6.01. The summed E-state index contributed by atoms with van der Waals surface area (Å²) in [4.78, 5) is 26.5. The molecule has 0 aliphatic rings. The van der Waals surface area contributed by atoms with Crippen molar-refractivity contribution in [3.63, 3.8) is 0 Å². The van der Waals surface area contributed by atoms with Crippen molar-refractivity contribution in [1.82, 2.24) is 10.3 Å². The number of aliphatic hydroxyl groups is 1. The van der Waals surface area contributed by atoms with Crippen molar-refractivity contribution >= 4 is 28.5 Å². The third-order valence-electron chi connectivity index (χ3n) is 2.99. The highest BCUT2D eigenvalue weighted by Gasteiger charge is 2.30. The summed E-state index contributed by atoms with van der Waals surface area (Å²) in [6.45, 7) is 0.703. The summed E-state index contributed by atoms with van der Waals surface area (Å²) >= 11 is 0. The normalized spacial score (nSPS) is 13.4. The molecule has 0 spiro atoms. The van der Waals surface area contributed by atoms with E-state index in [1.54, 1.807) is 24.5 Å². The number of carboxylic acids is 1. The molecule has 21 heavy (non-hydrogen) atoms. The van der Waals surface area contributed by atoms with Crippen molar-refractivity contribution in [3.05, 3.63) is 36.7 Å². The first-order valence-corrected chi connectivity index (χ1v) is 6.23. The molecule has 0 aliphatic carbocycles. The number of aromatic nitrogens is 1. The number of amides is 2. The monoisotopic (exact) mass is 289 g/mol. The highest BCUT2D eigenvalue weighted by atomic mass is 16.4. The van der Waals surface area contributed by atoms with Crippen LogP contribution in [0.5, 0.6) is 0 Å². The predicted octanol–water partition coefficient (Wildman–Crippen LogP) is 1.19. The van der Waals surface area contributed by atoms with Crippen molar-refractivity contribution in [2.75, 3.05) is 11.9 Å². The molecule has 0 fully saturated rings. The van der Waals surface area contributed by atoms with Gasteiger partial charge in [0, 0.05) is 17.8 Å². The lowest BCUT2D eigenvalue weighted by Crippen LogP contribution is -2.47. The minimum absolute atomic E-state index is 0.406. The van der Waals surface area contributed by atoms with Gasteiger partial charge in [0.2, 0.25) is 0 Å². The van der Waals surface area contributed by atoms with Crippen molar-refractivity contribution in [2.45, 2.75) is 12.5 Å². The number of urea groups is 1. The van der Waals surface area contributed by atoms with Gasteiger partial charge in [0.15, 0.2) is 5.60 Å². The SMILES string of the molecule is CC(O)(CNC(=O)Nc1cccc2ccncc12)C(=O)O. The number of aliphatic carboxylic acids is 1. The number of hydrogen-bond acceptors (Lipinski definition) is 4. The van der Waals surface area contributed by atoms with Crippen molar-refractivity contribution in [2.24, 2.45) is 0 Å². The van der Waals surface area contributed by atoms with E-state index >= 15 is 0 Å². The van der Waals surface area contributed by atoms with E-state index in [-0.39, 0.29) is 0 Å². The summed E-state index contributed by atoms with van der Waals surface area (Å²) in [5, 5.41) is 24.9. The van der Waals surface area contributed by atoms with Gasteiger partial charge in [0.1, 0.15) is 0 Å². The number of pyridine rings is 1. The number of carbonyl (C=O) groups is 2. The molecule has 1 aromatic carbocycles. The summed E-state index contributed by atoms with van der Waals surface area (Å²) in [6, 6.07) is 6.58. The Morgan fingerprint density at radius 3 is 2.81 bits per heavy atom. The smallest absolute Gasteiger partial charge is 0.337 e. The Labute approximate surface area is 120 Å². The first kappa shape index (κ1) is 14.7. The van der Waals surface area contributed by atoms with E-state index in [1.807, 2.05) is 12.1 Å². The van der Waals surface area contributed by atoms with Crippen LogP contribution in [0.1, 0.15) is 6.92 Å². The first-order chi connectivity index (χ1) is 9.90. The van der Waals surface area contributed by atoms with E-state index in [4.69, 9.17) is 5.11 Å². The standard InChI is InChI=1S/C14H15N3O4/c1-14(21,12(18)19)8-16-13(20)17-11-4-2-3-9-5-6-15-7-10(9)11/h2-7,21H,8H2,1H3,(H,18,19)(H2,16,17,20). The van der Waals surface area contributed by atoms with Crippen LogP contribution in [-0.4, -0.2) is 39.3 Å². The topological polar surface area (TPSA) is 112 Å². The lowest BCUT2D eigenvalue weighted by atomic mass is 10.1. The van der Waals surface area contributed by atoms with Gasteiger partial charge in [-0.15, -0.1) is 0 Å². The van der Waals surface area contributed by atoms with Crippen LogP contribution in [0.25, 0.3) is 10.8 Å². The molecule has 0 saturated carbocycles. The maximum atomic E-state index is 11.8. The number of carboxylic acid groups (broad SMARTS) is 1. The molecule has 0 saturated heterocycles. The zero-order valence-electron chi connectivity index (χ0n) is 11.3. The number of carbonyl (C=O) groups excluding carboxylic acids is 1. The average Bonchev–Trinajstić information content (AvgIpc) is 2.45. The van der Waals surface area contributed by atoms with Crippen molar-refractivity contribution in [3.8, 4) is 0 Å². The van der Waals surface area contributed by atoms with Gasteiger partial charge in [0.05, 0.1) is 12.2 Å². The predicted molar refractivity (Wildman–Crippen MR) is 77.0 cm³/mol. The number of anilines is 1. The maximum absolute atomic E-state index is 11.8. The van der Waals surface area contributed by atoms with Crippen LogP contribution in [0, 0.1) is 0 Å². The van der Waals surface area contributed by atoms with Crippen LogP contribution in [0.2, 0.25) is 0 Å². The summed E-state index contributed by atoms with van der Waals surface area (Å²) in [6.07, 6.45) is 3.27. The number of fused-ring (bicyclic) bond motifs is 1. The number of nitrogens with zero attached hydrogens (tertiary/aromatic N) is 1. The Kier molecular flexibility index (Phi) is 4.04. The van der Waals surface area contributed by atoms with Crippen LogP contribution >= 0.6 is 0 Å². The van der Waals surface area contributed by atoms with Gasteiger partial charge < -0.3 is 20.8 Å². The lowest BCUT2D eigenvalue weighted by molar-refractivity contribution is -0.155. The second-order valence-corrected chi connectivity index (χ2v) is 4.79. The van der Waals surface area contributed by atoms with Gasteiger partial charge in [-0.2, -0.15) is 0 Å². The molecule has 1 heterocycles. The van der Waals surface area contributed by atoms with Gasteiger partial charge in [-0.05, 0) is 24.4 Å². The maximum Gasteiger partial charge on any atom is 0.337 e. The molecule has 1 atom stereocenters. The molecule has 1 aromatic heterocycles. The number of hydrogen-bond donors (Lipinski definition) is 4. The minimum atomic E-state index is -2.02. The molecule has 2 aromatic rings. The van der Waals surface area contributed by atoms with Gasteiger partial charge >= 0.3 is 12.0 Å². The van der Waals surface area contributed by atoms with Gasteiger partial charge in [-0.1, -0.05) is 12.1 Å². The fourth-order valence-electron chi connectivity index (χ4n) is 1.72. The van der Waals surface area contributed by atoms with E-state index in [0.29, 0.717) is 5.69 Å². The number of benzene rings is 1. The molecule has 7 heteroatoms. The van der Waals surface area contributed by atoms with Crippen molar-refractivity contribution < 1.29 is 19.8 Å². The molecule has 7 nitrogen and oxygen atoms in total. The fourth-order valence-corrected chi connectivity index (χ4v) is 1.72. The Hall–Kier alpha value is -2.67. The van der Waals surface area contributed by atoms with Crippen molar-refractivity contribution in [1.29, 1.82) is 0 Å². The van der Waals surface area contributed by atoms with E-state index in [0.717, 1.165) is 17.7 Å². The summed E-state index contributed by atoms with van der Waals surface area (Å²) in [7, 11) is 0. The molecule has 4 N–H and O–H groups in total. The van der Waals surface area contributed by atoms with Gasteiger partial charge in [-0.25, -0.2) is 9.59 Å². The summed E-state index contributed by atoms with van der Waals surface area (Å²) < 4.78 is 0. The highest BCUT2D eigenvalue weighted by Crippen LogP contribution is 2.21. The van der Waals surface area contributed by atoms with E-state index in [9.17, 15) is 14.7 Å². The Bertz CT molecular complexity index is 679. The van der Waals surface area contributed by atoms with E-state index < -0.39 is 24.1 Å². The van der Waals surface area contributed by atoms with Crippen LogP contribution in [-0.2, 0) is 4.79 Å². The molecule has 2 rings (SSSR count). The zero-order valence-corrected chi connectivity index (χ0v) is 11.3. The summed E-state index contributed by atoms with van der Waals surface area (Å²) in [5.41, 5.74) is -1.47. The Morgan fingerprint density at radius 1 is 1.33 bits per heavy atom. The zero-order chi connectivity index (χ0) is 15.5. The Morgan fingerprint density at radius 2 is 2.10 bits per heavy atom. The molecule has 110 valence electrons. The van der Waals surface area contributed by atoms with Crippen LogP contribution in [0.15, 0.2) is 36.7 Å². The van der Waals surface area contributed by atoms with Gasteiger partial charge in [-0.3, -0.25) is 4.98 Å². The molecular formula is C14H15N3O4. The molecule has 0 aliphatic heterocycles. The van der Waals surface area contributed by atoms with Crippen LogP contribution in [0.4, 0.5) is 10.5 Å². The second kappa shape index (κ2) is 5.76. The fraction of sp³-hybridized carbons (Fsp3) is 0.214. The third kappa shape index (κ3) is 3.46. The molecule has 0 radical (unpaired) electrons. The Balaban J connectivity index is 2.07. The minimum Gasteiger partial charge on any atom is -0.479 e. The largest absolute Gasteiger partial charge is 0.479 e. The van der Waals surface area contributed by atoms with E-state index in [2.05, 4.69) is 15.6 Å². The average molecular weight is 289 g/mol. The second-order valence-electron chi connectivity index (χ2n) is 4.79. The van der Waals surface area contributed by atoms with Crippen LogP contribution in [0.3, 0.4) is 0 Å². The molecule has 2 amide bonds. The molecule has 0 bridgehead atoms. The number of rotatable bonds is 4. The number of nitrogens with one attached hydrogen (secondary N) is 2. The third-order valence-corrected chi connectivity index (χ3v) is 2.99. The van der Waals surface area contributed by atoms with E-state index in [1.165, 1.54) is 0 Å².